The number of anilines is 1. The van der Waals surface area contributed by atoms with Gasteiger partial charge in [0.2, 0.25) is 5.91 Å². The smallest absolute Gasteiger partial charge is 0.286 e. The van der Waals surface area contributed by atoms with E-state index in [1.54, 1.807) is 31.3 Å². The summed E-state index contributed by atoms with van der Waals surface area (Å²) in [5.74, 6) is -0.995. The third kappa shape index (κ3) is 3.33. The van der Waals surface area contributed by atoms with Gasteiger partial charge in [0.05, 0.1) is 16.0 Å². The van der Waals surface area contributed by atoms with E-state index in [0.29, 0.717) is 26.9 Å². The molecule has 1 spiro atoms. The molecule has 0 saturated carbocycles. The lowest BCUT2D eigenvalue weighted by molar-refractivity contribution is -0.132. The largest absolute Gasteiger partial charge is 0.314 e. The van der Waals surface area contributed by atoms with E-state index in [1.807, 2.05) is 49.4 Å². The van der Waals surface area contributed by atoms with Crippen LogP contribution in [-0.4, -0.2) is 37.4 Å². The summed E-state index contributed by atoms with van der Waals surface area (Å²) in [5.41, 5.74) is 2.08. The fourth-order valence-corrected chi connectivity index (χ4v) is 5.94. The topological polar surface area (TPSA) is 87.1 Å². The van der Waals surface area contributed by atoms with Gasteiger partial charge in [-0.15, -0.1) is 4.41 Å². The van der Waals surface area contributed by atoms with Gasteiger partial charge >= 0.3 is 0 Å². The van der Waals surface area contributed by atoms with E-state index in [-0.39, 0.29) is 23.6 Å². The SMILES string of the molecule is Cc1ccc(S(=O)(=O)N2N=C(c3ccccc3)C[C@@]3(CC2=O)C(=O)N(C)c2ccccc23)cc1. The zero-order valence-corrected chi connectivity index (χ0v) is 19.6. The van der Waals surface area contributed by atoms with Crippen LogP contribution < -0.4 is 4.90 Å². The second-order valence-electron chi connectivity index (χ2n) is 8.68. The Balaban J connectivity index is 1.70. The minimum absolute atomic E-state index is 0.0335. The summed E-state index contributed by atoms with van der Waals surface area (Å²) in [6.45, 7) is 1.85. The highest BCUT2D eigenvalue weighted by Gasteiger charge is 2.54. The molecule has 0 aliphatic carbocycles. The highest BCUT2D eigenvalue weighted by molar-refractivity contribution is 7.89. The number of carbonyl (C=O) groups excluding carboxylic acids is 2. The number of aryl methyl sites for hydroxylation is 1. The standard InChI is InChI=1S/C26H23N3O4S/c1-18-12-14-20(15-13-18)34(32,33)29-24(30)17-26(16-22(27-29)19-8-4-3-5-9-19)21-10-6-7-11-23(21)28(2)25(26)31/h3-15H,16-17H2,1-2H3/t26-/m0/s1. The van der Waals surface area contributed by atoms with Crippen LogP contribution in [0.1, 0.15) is 29.5 Å². The molecule has 172 valence electrons. The predicted molar refractivity (Wildman–Crippen MR) is 129 cm³/mol. The highest BCUT2D eigenvalue weighted by Crippen LogP contribution is 2.48. The molecule has 2 amide bonds. The van der Waals surface area contributed by atoms with E-state index in [2.05, 4.69) is 5.10 Å². The first-order chi connectivity index (χ1) is 16.2. The Morgan fingerprint density at radius 1 is 0.853 bits per heavy atom. The maximum absolute atomic E-state index is 13.6. The van der Waals surface area contributed by atoms with Gasteiger partial charge in [-0.2, -0.15) is 13.5 Å². The highest BCUT2D eigenvalue weighted by atomic mass is 32.2. The molecule has 5 rings (SSSR count). The van der Waals surface area contributed by atoms with Gasteiger partial charge in [0, 0.05) is 25.6 Å². The number of para-hydroxylation sites is 1. The number of benzene rings is 3. The van der Waals surface area contributed by atoms with Crippen molar-refractivity contribution in [2.75, 3.05) is 11.9 Å². The number of fused-ring (bicyclic) bond motifs is 2. The van der Waals surface area contributed by atoms with Crippen molar-refractivity contribution < 1.29 is 18.0 Å². The molecule has 0 saturated heterocycles. The van der Waals surface area contributed by atoms with Crippen LogP contribution in [0.2, 0.25) is 0 Å². The molecule has 3 aromatic rings. The van der Waals surface area contributed by atoms with Crippen LogP contribution in [-0.2, 0) is 25.0 Å². The van der Waals surface area contributed by atoms with Crippen molar-refractivity contribution in [2.24, 2.45) is 5.10 Å². The second-order valence-corrected chi connectivity index (χ2v) is 10.5. The van der Waals surface area contributed by atoms with Gasteiger partial charge in [-0.05, 0) is 36.2 Å². The van der Waals surface area contributed by atoms with E-state index < -0.39 is 21.3 Å². The summed E-state index contributed by atoms with van der Waals surface area (Å²) in [6, 6.07) is 22.6. The second kappa shape index (κ2) is 7.92. The van der Waals surface area contributed by atoms with Crippen molar-refractivity contribution in [1.29, 1.82) is 0 Å². The maximum atomic E-state index is 13.6. The molecular weight excluding hydrogens is 450 g/mol. The minimum atomic E-state index is -4.28. The van der Waals surface area contributed by atoms with Crippen LogP contribution in [0.25, 0.3) is 0 Å². The molecule has 0 N–H and O–H groups in total. The first-order valence-corrected chi connectivity index (χ1v) is 12.3. The Labute approximate surface area is 198 Å². The minimum Gasteiger partial charge on any atom is -0.314 e. The van der Waals surface area contributed by atoms with E-state index >= 15 is 0 Å². The van der Waals surface area contributed by atoms with Crippen molar-refractivity contribution in [1.82, 2.24) is 4.41 Å². The van der Waals surface area contributed by atoms with Crippen molar-refractivity contribution in [3.63, 3.8) is 0 Å². The predicted octanol–water partition coefficient (Wildman–Crippen LogP) is 3.62. The summed E-state index contributed by atoms with van der Waals surface area (Å²) in [6.07, 6.45) is -0.207. The van der Waals surface area contributed by atoms with E-state index in [0.717, 1.165) is 5.56 Å². The summed E-state index contributed by atoms with van der Waals surface area (Å²) in [5, 5.41) is 4.39. The van der Waals surface area contributed by atoms with Crippen molar-refractivity contribution in [3.05, 3.63) is 95.6 Å². The molecule has 7 nitrogen and oxygen atoms in total. The molecular formula is C26H23N3O4S. The van der Waals surface area contributed by atoms with Crippen molar-refractivity contribution in [2.45, 2.75) is 30.1 Å². The Morgan fingerprint density at radius 3 is 2.21 bits per heavy atom. The van der Waals surface area contributed by atoms with Gasteiger partial charge < -0.3 is 4.90 Å². The maximum Gasteiger partial charge on any atom is 0.286 e. The first-order valence-electron chi connectivity index (χ1n) is 10.9. The van der Waals surface area contributed by atoms with Gasteiger partial charge in [-0.3, -0.25) is 9.59 Å². The fourth-order valence-electron chi connectivity index (χ4n) is 4.72. The molecule has 2 aliphatic rings. The molecule has 1 atom stereocenters. The van der Waals surface area contributed by atoms with Crippen molar-refractivity contribution in [3.8, 4) is 0 Å². The van der Waals surface area contributed by atoms with Gasteiger partial charge in [0.1, 0.15) is 0 Å². The van der Waals surface area contributed by atoms with Gasteiger partial charge in [-0.25, -0.2) is 0 Å². The molecule has 0 radical (unpaired) electrons. The molecule has 0 unspecified atom stereocenters. The number of hydrogen-bond acceptors (Lipinski definition) is 5. The third-order valence-corrected chi connectivity index (χ3v) is 8.10. The lowest BCUT2D eigenvalue weighted by Gasteiger charge is -2.26. The van der Waals surface area contributed by atoms with Crippen molar-refractivity contribution >= 4 is 33.2 Å². The van der Waals surface area contributed by atoms with Crippen LogP contribution in [0.4, 0.5) is 5.69 Å². The Hall–Kier alpha value is -3.78. The van der Waals surface area contributed by atoms with Crippen LogP contribution in [0, 0.1) is 6.92 Å². The molecule has 0 bridgehead atoms. The zero-order chi connectivity index (χ0) is 24.1. The number of sulfonamides is 1. The average Bonchev–Trinajstić information content (AvgIpc) is 2.96. The van der Waals surface area contributed by atoms with Crippen LogP contribution in [0.3, 0.4) is 0 Å². The number of hydrazone groups is 1. The summed E-state index contributed by atoms with van der Waals surface area (Å²) in [4.78, 5) is 28.7. The Morgan fingerprint density at radius 2 is 1.50 bits per heavy atom. The molecule has 34 heavy (non-hydrogen) atoms. The normalized spacial score (nSPS) is 20.4. The number of nitrogens with zero attached hydrogens (tertiary/aromatic N) is 3. The number of likely N-dealkylation sites (N-methyl/N-ethyl adjacent to an activating group) is 1. The van der Waals surface area contributed by atoms with Crippen LogP contribution in [0.5, 0.6) is 0 Å². The summed E-state index contributed by atoms with van der Waals surface area (Å²) < 4.78 is 27.6. The lowest BCUT2D eigenvalue weighted by atomic mass is 9.73. The first kappa shape index (κ1) is 22.0. The van der Waals surface area contributed by atoms with Crippen LogP contribution >= 0.6 is 0 Å². The number of amides is 2. The lowest BCUT2D eigenvalue weighted by Crippen LogP contribution is -2.43. The Kier molecular flexibility index (Phi) is 5.13. The molecule has 2 heterocycles. The average molecular weight is 474 g/mol. The molecule has 0 aromatic heterocycles. The molecule has 0 fully saturated rings. The zero-order valence-electron chi connectivity index (χ0n) is 18.8. The van der Waals surface area contributed by atoms with E-state index in [4.69, 9.17) is 0 Å². The fraction of sp³-hybridized carbons (Fsp3) is 0.192. The number of hydrogen-bond donors (Lipinski definition) is 0. The van der Waals surface area contributed by atoms with Gasteiger partial charge in [0.25, 0.3) is 15.9 Å². The Bertz CT molecular complexity index is 1430. The van der Waals surface area contributed by atoms with E-state index in [9.17, 15) is 18.0 Å². The molecule has 3 aromatic carbocycles. The summed E-state index contributed by atoms with van der Waals surface area (Å²) >= 11 is 0. The quantitative estimate of drug-likeness (QED) is 0.581. The molecule has 8 heteroatoms. The molecule has 2 aliphatic heterocycles. The number of rotatable bonds is 3. The third-order valence-electron chi connectivity index (χ3n) is 6.50. The number of carbonyl (C=O) groups is 2. The van der Waals surface area contributed by atoms with Gasteiger partial charge in [0.15, 0.2) is 0 Å². The van der Waals surface area contributed by atoms with Gasteiger partial charge in [-0.1, -0.05) is 66.2 Å². The summed E-state index contributed by atoms with van der Waals surface area (Å²) in [7, 11) is -2.60. The monoisotopic (exact) mass is 473 g/mol. The van der Waals surface area contributed by atoms with Crippen LogP contribution in [0.15, 0.2) is 88.9 Å². The van der Waals surface area contributed by atoms with E-state index in [1.165, 1.54) is 17.0 Å².